The largest absolute Gasteiger partial charge is 0.505 e. The highest BCUT2D eigenvalue weighted by Gasteiger charge is 2.48. The topological polar surface area (TPSA) is 106 Å². The molecule has 1 amide bonds. The van der Waals surface area contributed by atoms with Gasteiger partial charge in [-0.25, -0.2) is 9.97 Å². The van der Waals surface area contributed by atoms with Gasteiger partial charge in [-0.3, -0.25) is 14.5 Å². The molecule has 0 spiro atoms. The summed E-state index contributed by atoms with van der Waals surface area (Å²) < 4.78 is 13.5. The van der Waals surface area contributed by atoms with E-state index in [1.165, 1.54) is 16.2 Å². The monoisotopic (exact) mass is 532 g/mol. The Hall–Kier alpha value is -4.18. The lowest BCUT2D eigenvalue weighted by Crippen LogP contribution is -2.29. The van der Waals surface area contributed by atoms with Crippen molar-refractivity contribution in [1.29, 1.82) is 0 Å². The van der Waals surface area contributed by atoms with Crippen LogP contribution >= 0.6 is 11.3 Å². The number of Topliss-reactive ketones (excluding diaryl/α,β-unsaturated/α-hetero) is 1. The fourth-order valence-corrected chi connectivity index (χ4v) is 5.32. The molecule has 1 atom stereocenters. The van der Waals surface area contributed by atoms with Gasteiger partial charge >= 0.3 is 5.91 Å². The summed E-state index contributed by atoms with van der Waals surface area (Å²) in [6.45, 7) is 8.53. The number of hydrogen-bond acceptors (Lipinski definition) is 8. The van der Waals surface area contributed by atoms with Crippen molar-refractivity contribution < 1.29 is 24.2 Å². The molecule has 1 aromatic carbocycles. The minimum atomic E-state index is -0.939. The van der Waals surface area contributed by atoms with Crippen molar-refractivity contribution in [2.24, 2.45) is 0 Å². The van der Waals surface area contributed by atoms with Crippen LogP contribution in [-0.2, 0) is 9.59 Å². The summed E-state index contributed by atoms with van der Waals surface area (Å²) in [6, 6.07) is 8.16. The summed E-state index contributed by atoms with van der Waals surface area (Å²) in [5.74, 6) is -0.858. The number of fused-ring (bicyclic) bond motifs is 1. The molecule has 0 radical (unpaired) electrons. The zero-order valence-corrected chi connectivity index (χ0v) is 22.4. The van der Waals surface area contributed by atoms with Gasteiger partial charge in [0.05, 0.1) is 30.5 Å². The molecule has 4 aromatic rings. The van der Waals surface area contributed by atoms with Crippen LogP contribution in [0, 0.1) is 13.8 Å². The van der Waals surface area contributed by atoms with Crippen LogP contribution in [-0.4, -0.2) is 44.4 Å². The number of carbonyl (C=O) groups is 2. The molecule has 5 rings (SSSR count). The number of hydrogen-bond donors (Lipinski definition) is 1. The van der Waals surface area contributed by atoms with E-state index in [2.05, 4.69) is 9.97 Å². The second kappa shape index (κ2) is 10.3. The SMILES string of the molecule is CCCOc1ccc(C2C(=C(O)c3nc4c(C)cccn4c3C)C(=O)C(=O)N2c2nccs2)cc1OCC. The number of nitrogens with zero attached hydrogens (tertiary/aromatic N) is 4. The van der Waals surface area contributed by atoms with Crippen molar-refractivity contribution >= 4 is 39.6 Å². The van der Waals surface area contributed by atoms with Gasteiger partial charge in [-0.1, -0.05) is 19.1 Å². The first-order valence-electron chi connectivity index (χ1n) is 12.4. The molecule has 4 heterocycles. The number of aryl methyl sites for hydroxylation is 2. The van der Waals surface area contributed by atoms with E-state index in [4.69, 9.17) is 9.47 Å². The van der Waals surface area contributed by atoms with Gasteiger partial charge in [0, 0.05) is 17.8 Å². The highest BCUT2D eigenvalue weighted by molar-refractivity contribution is 7.14. The van der Waals surface area contributed by atoms with Gasteiger partial charge in [0.1, 0.15) is 11.3 Å². The van der Waals surface area contributed by atoms with Crippen molar-refractivity contribution in [3.63, 3.8) is 0 Å². The number of ketones is 1. The molecule has 1 N–H and O–H groups in total. The number of aliphatic hydroxyl groups is 1. The van der Waals surface area contributed by atoms with E-state index in [-0.39, 0.29) is 17.0 Å². The molecule has 0 bridgehead atoms. The molecular formula is C28H28N4O5S. The number of imidazole rings is 1. The third-order valence-corrected chi connectivity index (χ3v) is 7.19. The summed E-state index contributed by atoms with van der Waals surface area (Å²) in [7, 11) is 0. The number of rotatable bonds is 8. The minimum Gasteiger partial charge on any atom is -0.505 e. The summed E-state index contributed by atoms with van der Waals surface area (Å²) in [6.07, 6.45) is 4.24. The maximum Gasteiger partial charge on any atom is 0.301 e. The van der Waals surface area contributed by atoms with Crippen LogP contribution in [0.25, 0.3) is 11.4 Å². The lowest BCUT2D eigenvalue weighted by Gasteiger charge is -2.24. The predicted molar refractivity (Wildman–Crippen MR) is 145 cm³/mol. The average molecular weight is 533 g/mol. The Morgan fingerprint density at radius 1 is 1.13 bits per heavy atom. The molecule has 1 aliphatic rings. The van der Waals surface area contributed by atoms with Crippen molar-refractivity contribution in [2.75, 3.05) is 18.1 Å². The number of carbonyl (C=O) groups excluding carboxylic acids is 2. The van der Waals surface area contributed by atoms with Crippen molar-refractivity contribution in [3.8, 4) is 11.5 Å². The van der Waals surface area contributed by atoms with E-state index < -0.39 is 17.7 Å². The van der Waals surface area contributed by atoms with Crippen molar-refractivity contribution in [1.82, 2.24) is 14.4 Å². The third-order valence-electron chi connectivity index (χ3n) is 6.42. The Bertz CT molecular complexity index is 1560. The number of pyridine rings is 1. The lowest BCUT2D eigenvalue weighted by molar-refractivity contribution is -0.132. The summed E-state index contributed by atoms with van der Waals surface area (Å²) in [5.41, 5.74) is 2.99. The highest BCUT2D eigenvalue weighted by Crippen LogP contribution is 2.45. The standard InChI is InChI=1S/C28H28N4O5S/c1-5-13-37-19-10-9-18(15-20(19)36-6-2)23-21(25(34)27(35)32(23)28-29-11-14-38-28)24(33)22-17(4)31-12-7-8-16(3)26(31)30-22/h7-12,14-15,23,33H,5-6,13H2,1-4H3. The molecule has 196 valence electrons. The van der Waals surface area contributed by atoms with E-state index in [1.807, 2.05) is 50.4 Å². The van der Waals surface area contributed by atoms with Gasteiger partial charge in [0.25, 0.3) is 5.78 Å². The van der Waals surface area contributed by atoms with Crippen LogP contribution in [0.1, 0.15) is 48.8 Å². The minimum absolute atomic E-state index is 0.0564. The third kappa shape index (κ3) is 4.20. The number of aromatic nitrogens is 3. The quantitative estimate of drug-likeness (QED) is 0.188. The van der Waals surface area contributed by atoms with Gasteiger partial charge in [0.2, 0.25) is 0 Å². The van der Waals surface area contributed by atoms with Crippen LogP contribution in [0.3, 0.4) is 0 Å². The zero-order chi connectivity index (χ0) is 27.0. The Labute approximate surface area is 224 Å². The zero-order valence-electron chi connectivity index (χ0n) is 21.6. The van der Waals surface area contributed by atoms with Crippen LogP contribution in [0.5, 0.6) is 11.5 Å². The van der Waals surface area contributed by atoms with Crippen molar-refractivity contribution in [2.45, 2.75) is 40.2 Å². The van der Waals surface area contributed by atoms with Crippen LogP contribution in [0.15, 0.2) is 53.7 Å². The van der Waals surface area contributed by atoms with E-state index in [1.54, 1.807) is 29.8 Å². The average Bonchev–Trinajstić information content (AvgIpc) is 3.62. The maximum atomic E-state index is 13.5. The maximum absolute atomic E-state index is 13.5. The fraction of sp³-hybridized carbons (Fsp3) is 0.286. The van der Waals surface area contributed by atoms with E-state index in [0.717, 1.165) is 12.0 Å². The lowest BCUT2D eigenvalue weighted by atomic mass is 9.96. The number of aliphatic hydroxyl groups excluding tert-OH is 1. The predicted octanol–water partition coefficient (Wildman–Crippen LogP) is 5.22. The molecule has 0 aliphatic carbocycles. The fourth-order valence-electron chi connectivity index (χ4n) is 4.65. The van der Waals surface area contributed by atoms with E-state index >= 15 is 0 Å². The summed E-state index contributed by atoms with van der Waals surface area (Å²) >= 11 is 1.23. The van der Waals surface area contributed by atoms with Crippen LogP contribution in [0.2, 0.25) is 0 Å². The number of anilines is 1. The molecule has 0 saturated carbocycles. The van der Waals surface area contributed by atoms with Crippen LogP contribution in [0.4, 0.5) is 5.13 Å². The molecule has 1 aliphatic heterocycles. The first kappa shape index (κ1) is 25.5. The van der Waals surface area contributed by atoms with Crippen molar-refractivity contribution in [3.05, 3.63) is 76.2 Å². The van der Waals surface area contributed by atoms with Gasteiger partial charge < -0.3 is 19.0 Å². The summed E-state index contributed by atoms with van der Waals surface area (Å²) in [4.78, 5) is 37.1. The molecule has 1 saturated heterocycles. The second-order valence-corrected chi connectivity index (χ2v) is 9.78. The van der Waals surface area contributed by atoms with Gasteiger partial charge in [-0.15, -0.1) is 11.3 Å². The second-order valence-electron chi connectivity index (χ2n) is 8.90. The first-order valence-corrected chi connectivity index (χ1v) is 13.3. The van der Waals surface area contributed by atoms with E-state index in [0.29, 0.717) is 46.7 Å². The molecular weight excluding hydrogens is 504 g/mol. The Morgan fingerprint density at radius 3 is 2.63 bits per heavy atom. The molecule has 3 aromatic heterocycles. The molecule has 10 heteroatoms. The van der Waals surface area contributed by atoms with Gasteiger partial charge in [-0.05, 0) is 56.5 Å². The highest BCUT2D eigenvalue weighted by atomic mass is 32.1. The Balaban J connectivity index is 1.73. The molecule has 1 fully saturated rings. The molecule has 9 nitrogen and oxygen atoms in total. The number of ether oxygens (including phenoxy) is 2. The first-order chi connectivity index (χ1) is 18.4. The number of amides is 1. The Morgan fingerprint density at radius 2 is 1.95 bits per heavy atom. The number of benzene rings is 1. The normalized spacial score (nSPS) is 16.9. The van der Waals surface area contributed by atoms with Crippen LogP contribution < -0.4 is 14.4 Å². The molecule has 38 heavy (non-hydrogen) atoms. The van der Waals surface area contributed by atoms with Gasteiger partial charge in [-0.2, -0.15) is 0 Å². The Kier molecular flexibility index (Phi) is 6.90. The smallest absolute Gasteiger partial charge is 0.301 e. The molecule has 1 unspecified atom stereocenters. The van der Waals surface area contributed by atoms with E-state index in [9.17, 15) is 14.7 Å². The number of thiazole rings is 1. The van der Waals surface area contributed by atoms with Gasteiger partial charge in [0.15, 0.2) is 22.4 Å². The summed E-state index contributed by atoms with van der Waals surface area (Å²) in [5, 5.41) is 13.7.